The molecule has 3 N–H and O–H groups in total. The van der Waals surface area contributed by atoms with E-state index in [9.17, 15) is 4.39 Å². The number of aliphatic hydroxyl groups excluding tert-OH is 1. The molecular formula is C10H14FNO. The highest BCUT2D eigenvalue weighted by Crippen LogP contribution is 2.19. The third-order valence-corrected chi connectivity index (χ3v) is 2.15. The molecule has 0 unspecified atom stereocenters. The molecule has 72 valence electrons. The summed E-state index contributed by atoms with van der Waals surface area (Å²) in [6.07, 6.45) is 0.463. The van der Waals surface area contributed by atoms with Gasteiger partial charge in [-0.1, -0.05) is 12.1 Å². The number of benzene rings is 1. The van der Waals surface area contributed by atoms with Gasteiger partial charge in [0.2, 0.25) is 0 Å². The molecule has 0 saturated carbocycles. The van der Waals surface area contributed by atoms with Gasteiger partial charge >= 0.3 is 0 Å². The maximum atomic E-state index is 13.1. The van der Waals surface area contributed by atoms with Crippen LogP contribution in [0.1, 0.15) is 23.6 Å². The van der Waals surface area contributed by atoms with Crippen molar-refractivity contribution in [2.24, 2.45) is 5.73 Å². The van der Waals surface area contributed by atoms with Crippen molar-refractivity contribution in [2.45, 2.75) is 19.4 Å². The fraction of sp³-hybridized carbons (Fsp3) is 0.400. The van der Waals surface area contributed by atoms with Crippen LogP contribution in [0.4, 0.5) is 4.39 Å². The zero-order valence-corrected chi connectivity index (χ0v) is 7.63. The van der Waals surface area contributed by atoms with Gasteiger partial charge in [0.05, 0.1) is 0 Å². The van der Waals surface area contributed by atoms with E-state index in [4.69, 9.17) is 10.8 Å². The van der Waals surface area contributed by atoms with Crippen LogP contribution in [0.15, 0.2) is 18.2 Å². The smallest absolute Gasteiger partial charge is 0.126 e. The number of halogens is 1. The van der Waals surface area contributed by atoms with Gasteiger partial charge in [-0.2, -0.15) is 0 Å². The Kier molecular flexibility index (Phi) is 3.39. The summed E-state index contributed by atoms with van der Waals surface area (Å²) in [6, 6.07) is 4.55. The van der Waals surface area contributed by atoms with Gasteiger partial charge in [-0.25, -0.2) is 4.39 Å². The molecule has 0 aromatic heterocycles. The highest BCUT2D eigenvalue weighted by atomic mass is 19.1. The maximum absolute atomic E-state index is 13.1. The second kappa shape index (κ2) is 4.35. The molecule has 0 bridgehead atoms. The summed E-state index contributed by atoms with van der Waals surface area (Å²) >= 11 is 0. The molecule has 0 saturated heterocycles. The molecule has 0 heterocycles. The van der Waals surface area contributed by atoms with E-state index in [1.807, 2.05) is 0 Å². The SMILES string of the molecule is Cc1c(F)cccc1[C@@H](N)CCO. The van der Waals surface area contributed by atoms with Gasteiger partial charge in [0, 0.05) is 12.6 Å². The van der Waals surface area contributed by atoms with E-state index < -0.39 is 0 Å². The summed E-state index contributed by atoms with van der Waals surface area (Å²) in [7, 11) is 0. The molecular weight excluding hydrogens is 169 g/mol. The molecule has 3 heteroatoms. The standard InChI is InChI=1S/C10H14FNO/c1-7-8(10(12)5-6-13)3-2-4-9(7)11/h2-4,10,13H,5-6,12H2,1H3/t10-/m0/s1. The van der Waals surface area contributed by atoms with E-state index in [1.54, 1.807) is 19.1 Å². The van der Waals surface area contributed by atoms with Crippen LogP contribution in [0.3, 0.4) is 0 Å². The molecule has 0 amide bonds. The average molecular weight is 183 g/mol. The molecule has 1 aromatic rings. The maximum Gasteiger partial charge on any atom is 0.126 e. The fourth-order valence-corrected chi connectivity index (χ4v) is 1.32. The van der Waals surface area contributed by atoms with E-state index in [0.717, 1.165) is 5.56 Å². The minimum atomic E-state index is -0.277. The van der Waals surface area contributed by atoms with E-state index in [2.05, 4.69) is 0 Å². The Hall–Kier alpha value is -0.930. The van der Waals surface area contributed by atoms with Gasteiger partial charge in [-0.15, -0.1) is 0 Å². The third-order valence-electron chi connectivity index (χ3n) is 2.15. The van der Waals surface area contributed by atoms with Gasteiger partial charge in [0.15, 0.2) is 0 Å². The van der Waals surface area contributed by atoms with E-state index >= 15 is 0 Å². The highest BCUT2D eigenvalue weighted by Gasteiger charge is 2.10. The van der Waals surface area contributed by atoms with Crippen molar-refractivity contribution in [1.82, 2.24) is 0 Å². The van der Waals surface area contributed by atoms with Crippen LogP contribution in [-0.4, -0.2) is 11.7 Å². The Bertz CT molecular complexity index is 288. The molecule has 0 aliphatic heterocycles. The van der Waals surface area contributed by atoms with Crippen molar-refractivity contribution >= 4 is 0 Å². The van der Waals surface area contributed by atoms with Crippen LogP contribution in [0.25, 0.3) is 0 Å². The van der Waals surface area contributed by atoms with Gasteiger partial charge in [0.1, 0.15) is 5.82 Å². The second-order valence-corrected chi connectivity index (χ2v) is 3.07. The lowest BCUT2D eigenvalue weighted by Crippen LogP contribution is -2.13. The zero-order valence-electron chi connectivity index (χ0n) is 7.63. The van der Waals surface area contributed by atoms with Gasteiger partial charge in [-0.3, -0.25) is 0 Å². The molecule has 0 radical (unpaired) electrons. The molecule has 0 fully saturated rings. The first-order chi connectivity index (χ1) is 6.16. The van der Waals surface area contributed by atoms with Crippen LogP contribution >= 0.6 is 0 Å². The summed E-state index contributed by atoms with van der Waals surface area (Å²) in [5.41, 5.74) is 7.09. The summed E-state index contributed by atoms with van der Waals surface area (Å²) in [4.78, 5) is 0. The molecule has 2 nitrogen and oxygen atoms in total. The first kappa shape index (κ1) is 10.2. The van der Waals surface area contributed by atoms with Crippen LogP contribution in [0.2, 0.25) is 0 Å². The number of rotatable bonds is 3. The van der Waals surface area contributed by atoms with E-state index in [0.29, 0.717) is 12.0 Å². The van der Waals surface area contributed by atoms with Gasteiger partial charge in [-0.05, 0) is 30.5 Å². The average Bonchev–Trinajstić information content (AvgIpc) is 2.10. The summed E-state index contributed by atoms with van der Waals surface area (Å²) in [5, 5.41) is 8.68. The third kappa shape index (κ3) is 2.26. The predicted octanol–water partition coefficient (Wildman–Crippen LogP) is 1.52. The predicted molar refractivity (Wildman–Crippen MR) is 49.8 cm³/mol. The summed E-state index contributed by atoms with van der Waals surface area (Å²) < 4.78 is 13.1. The number of hydrogen-bond acceptors (Lipinski definition) is 2. The fourth-order valence-electron chi connectivity index (χ4n) is 1.32. The Morgan fingerprint density at radius 1 is 1.54 bits per heavy atom. The lowest BCUT2D eigenvalue weighted by atomic mass is 9.99. The Balaban J connectivity index is 2.93. The Morgan fingerprint density at radius 2 is 2.23 bits per heavy atom. The van der Waals surface area contributed by atoms with Crippen molar-refractivity contribution in [1.29, 1.82) is 0 Å². The molecule has 1 atom stereocenters. The summed E-state index contributed by atoms with van der Waals surface area (Å²) in [5.74, 6) is -0.245. The van der Waals surface area contributed by atoms with E-state index in [-0.39, 0.29) is 18.5 Å². The monoisotopic (exact) mass is 183 g/mol. The minimum absolute atomic E-state index is 0.0249. The Labute approximate surface area is 77.2 Å². The lowest BCUT2D eigenvalue weighted by Gasteiger charge is -2.13. The van der Waals surface area contributed by atoms with E-state index in [1.165, 1.54) is 6.07 Å². The molecule has 13 heavy (non-hydrogen) atoms. The largest absolute Gasteiger partial charge is 0.396 e. The second-order valence-electron chi connectivity index (χ2n) is 3.07. The van der Waals surface area contributed by atoms with Gasteiger partial charge in [0.25, 0.3) is 0 Å². The van der Waals surface area contributed by atoms with Crippen molar-refractivity contribution in [3.05, 3.63) is 35.1 Å². The first-order valence-corrected chi connectivity index (χ1v) is 4.28. The van der Waals surface area contributed by atoms with Crippen molar-refractivity contribution in [3.8, 4) is 0 Å². The number of hydrogen-bond donors (Lipinski definition) is 2. The number of aliphatic hydroxyl groups is 1. The number of nitrogens with two attached hydrogens (primary N) is 1. The topological polar surface area (TPSA) is 46.2 Å². The normalized spacial score (nSPS) is 12.9. The van der Waals surface area contributed by atoms with Crippen molar-refractivity contribution in [3.63, 3.8) is 0 Å². The molecule has 0 aliphatic rings. The molecule has 1 rings (SSSR count). The minimum Gasteiger partial charge on any atom is -0.396 e. The highest BCUT2D eigenvalue weighted by molar-refractivity contribution is 5.29. The lowest BCUT2D eigenvalue weighted by molar-refractivity contribution is 0.276. The van der Waals surface area contributed by atoms with Crippen LogP contribution in [-0.2, 0) is 0 Å². The van der Waals surface area contributed by atoms with Crippen molar-refractivity contribution < 1.29 is 9.50 Å². The zero-order chi connectivity index (χ0) is 9.84. The Morgan fingerprint density at radius 3 is 2.85 bits per heavy atom. The summed E-state index contributed by atoms with van der Waals surface area (Å²) in [6.45, 7) is 1.72. The molecule has 0 aliphatic carbocycles. The molecule has 0 spiro atoms. The quantitative estimate of drug-likeness (QED) is 0.746. The first-order valence-electron chi connectivity index (χ1n) is 4.28. The van der Waals surface area contributed by atoms with Crippen LogP contribution in [0, 0.1) is 12.7 Å². The van der Waals surface area contributed by atoms with Gasteiger partial charge < -0.3 is 10.8 Å². The molecule has 1 aromatic carbocycles. The van der Waals surface area contributed by atoms with Crippen molar-refractivity contribution in [2.75, 3.05) is 6.61 Å². The van der Waals surface area contributed by atoms with Crippen LogP contribution < -0.4 is 5.73 Å². The van der Waals surface area contributed by atoms with Crippen LogP contribution in [0.5, 0.6) is 0 Å².